The number of amides is 1. The summed E-state index contributed by atoms with van der Waals surface area (Å²) in [6.45, 7) is 1.59. The van der Waals surface area contributed by atoms with Crippen LogP contribution >= 0.6 is 0 Å². The molecule has 0 unspecified atom stereocenters. The van der Waals surface area contributed by atoms with Crippen LogP contribution in [0.4, 0.5) is 30.5 Å². The van der Waals surface area contributed by atoms with E-state index in [9.17, 15) is 18.0 Å². The highest BCUT2D eigenvalue weighted by molar-refractivity contribution is 6.03. The molecule has 0 radical (unpaired) electrons. The smallest absolute Gasteiger partial charge is 0.274 e. The second-order valence-corrected chi connectivity index (χ2v) is 5.71. The maximum absolute atomic E-state index is 13.8. The minimum absolute atomic E-state index is 0.0256. The molecule has 28 heavy (non-hydrogen) atoms. The number of nitriles is 1. The van der Waals surface area contributed by atoms with E-state index in [0.717, 1.165) is 12.1 Å². The molecule has 140 valence electrons. The average Bonchev–Trinajstić information content (AvgIpc) is 2.68. The molecule has 0 atom stereocenters. The molecule has 2 N–H and O–H groups in total. The van der Waals surface area contributed by atoms with Crippen LogP contribution in [0.2, 0.25) is 0 Å². The molecule has 1 heterocycles. The number of nitrogens with one attached hydrogen (secondary N) is 2. The van der Waals surface area contributed by atoms with Crippen molar-refractivity contribution in [1.82, 2.24) is 9.97 Å². The average molecular weight is 383 g/mol. The number of halogens is 3. The molecule has 2 aromatic carbocycles. The lowest BCUT2D eigenvalue weighted by molar-refractivity contribution is 0.102. The van der Waals surface area contributed by atoms with E-state index in [1.165, 1.54) is 6.07 Å². The number of hydrogen-bond acceptors (Lipinski definition) is 5. The summed E-state index contributed by atoms with van der Waals surface area (Å²) < 4.78 is 40.2. The maximum atomic E-state index is 13.8. The summed E-state index contributed by atoms with van der Waals surface area (Å²) in [4.78, 5) is 20.4. The SMILES string of the molecule is Cc1cc(C(=O)Nc2ccc(C#N)cc2)nc(Nc2ccc(F)c(F)c2F)n1. The van der Waals surface area contributed by atoms with Gasteiger partial charge >= 0.3 is 0 Å². The summed E-state index contributed by atoms with van der Waals surface area (Å²) in [5.41, 5.74) is 0.883. The van der Waals surface area contributed by atoms with Crippen LogP contribution in [0.3, 0.4) is 0 Å². The van der Waals surface area contributed by atoms with Crippen molar-refractivity contribution in [3.05, 3.63) is 76.9 Å². The Bertz CT molecular complexity index is 1090. The number of benzene rings is 2. The lowest BCUT2D eigenvalue weighted by Crippen LogP contribution is -2.15. The molecule has 0 saturated carbocycles. The van der Waals surface area contributed by atoms with Gasteiger partial charge in [-0.3, -0.25) is 4.79 Å². The highest BCUT2D eigenvalue weighted by atomic mass is 19.2. The number of nitrogens with zero attached hydrogens (tertiary/aromatic N) is 3. The summed E-state index contributed by atoms with van der Waals surface area (Å²) in [5, 5.41) is 13.8. The van der Waals surface area contributed by atoms with Gasteiger partial charge in [0.2, 0.25) is 5.95 Å². The summed E-state index contributed by atoms with van der Waals surface area (Å²) in [7, 11) is 0. The minimum Gasteiger partial charge on any atom is -0.322 e. The van der Waals surface area contributed by atoms with E-state index in [4.69, 9.17) is 5.26 Å². The van der Waals surface area contributed by atoms with E-state index in [-0.39, 0.29) is 17.3 Å². The maximum Gasteiger partial charge on any atom is 0.274 e. The van der Waals surface area contributed by atoms with Crippen LogP contribution in [0.1, 0.15) is 21.7 Å². The van der Waals surface area contributed by atoms with Gasteiger partial charge in [0, 0.05) is 11.4 Å². The molecule has 0 aliphatic rings. The van der Waals surface area contributed by atoms with Crippen molar-refractivity contribution >= 4 is 23.2 Å². The highest BCUT2D eigenvalue weighted by Crippen LogP contribution is 2.22. The van der Waals surface area contributed by atoms with Crippen molar-refractivity contribution in [2.45, 2.75) is 6.92 Å². The predicted molar refractivity (Wildman–Crippen MR) is 95.5 cm³/mol. The molecule has 6 nitrogen and oxygen atoms in total. The van der Waals surface area contributed by atoms with Gasteiger partial charge in [0.25, 0.3) is 5.91 Å². The highest BCUT2D eigenvalue weighted by Gasteiger charge is 2.16. The molecular formula is C19H12F3N5O. The lowest BCUT2D eigenvalue weighted by atomic mass is 10.2. The van der Waals surface area contributed by atoms with Crippen LogP contribution in [0.15, 0.2) is 42.5 Å². The van der Waals surface area contributed by atoms with E-state index in [1.807, 2.05) is 6.07 Å². The molecule has 0 bridgehead atoms. The summed E-state index contributed by atoms with van der Waals surface area (Å²) in [5.74, 6) is -5.10. The second kappa shape index (κ2) is 7.75. The molecule has 3 aromatic rings. The van der Waals surface area contributed by atoms with Gasteiger partial charge < -0.3 is 10.6 Å². The minimum atomic E-state index is -1.63. The topological polar surface area (TPSA) is 90.7 Å². The third-order valence-corrected chi connectivity index (χ3v) is 3.64. The molecule has 1 amide bonds. The Labute approximate surface area is 157 Å². The number of anilines is 3. The first-order valence-electron chi connectivity index (χ1n) is 7.95. The zero-order valence-electron chi connectivity index (χ0n) is 14.4. The Kier molecular flexibility index (Phi) is 5.22. The lowest BCUT2D eigenvalue weighted by Gasteiger charge is -2.10. The van der Waals surface area contributed by atoms with Crippen LogP contribution in [0.5, 0.6) is 0 Å². The Hall–Kier alpha value is -3.93. The number of rotatable bonds is 4. The number of carbonyl (C=O) groups is 1. The van der Waals surface area contributed by atoms with Gasteiger partial charge in [-0.2, -0.15) is 5.26 Å². The zero-order chi connectivity index (χ0) is 20.3. The fourth-order valence-corrected chi connectivity index (χ4v) is 2.31. The van der Waals surface area contributed by atoms with Crippen molar-refractivity contribution in [2.75, 3.05) is 10.6 Å². The molecule has 9 heteroatoms. The fraction of sp³-hybridized carbons (Fsp3) is 0.0526. The predicted octanol–water partition coefficient (Wildman–Crippen LogP) is 4.07. The van der Waals surface area contributed by atoms with Crippen molar-refractivity contribution in [2.24, 2.45) is 0 Å². The second-order valence-electron chi connectivity index (χ2n) is 5.71. The van der Waals surface area contributed by atoms with E-state index in [2.05, 4.69) is 20.6 Å². The van der Waals surface area contributed by atoms with Gasteiger partial charge in [-0.15, -0.1) is 0 Å². The van der Waals surface area contributed by atoms with Crippen molar-refractivity contribution in [1.29, 1.82) is 5.26 Å². The standard InChI is InChI=1S/C19H12F3N5O/c1-10-8-15(18(28)25-12-4-2-11(9-23)3-5-12)27-19(24-10)26-14-7-6-13(20)16(21)17(14)22/h2-8H,1H3,(H,25,28)(H,24,26,27). The summed E-state index contributed by atoms with van der Waals surface area (Å²) in [6.07, 6.45) is 0. The zero-order valence-corrected chi connectivity index (χ0v) is 14.4. The molecule has 0 fully saturated rings. The van der Waals surface area contributed by atoms with E-state index in [0.29, 0.717) is 16.9 Å². The Morgan fingerprint density at radius 2 is 1.75 bits per heavy atom. The normalized spacial score (nSPS) is 10.2. The third-order valence-electron chi connectivity index (χ3n) is 3.64. The molecule has 3 rings (SSSR count). The van der Waals surface area contributed by atoms with Crippen LogP contribution in [-0.4, -0.2) is 15.9 Å². The molecule has 0 spiro atoms. The van der Waals surface area contributed by atoms with Gasteiger partial charge in [-0.25, -0.2) is 23.1 Å². The van der Waals surface area contributed by atoms with Crippen molar-refractivity contribution in [3.8, 4) is 6.07 Å². The number of hydrogen-bond donors (Lipinski definition) is 2. The summed E-state index contributed by atoms with van der Waals surface area (Å²) in [6, 6.07) is 11.3. The van der Waals surface area contributed by atoms with Gasteiger partial charge in [0.15, 0.2) is 17.5 Å². The first-order valence-corrected chi connectivity index (χ1v) is 7.95. The third kappa shape index (κ3) is 4.07. The number of carbonyl (C=O) groups excluding carboxylic acids is 1. The Balaban J connectivity index is 1.83. The quantitative estimate of drug-likeness (QED) is 0.663. The Morgan fingerprint density at radius 3 is 2.43 bits per heavy atom. The van der Waals surface area contributed by atoms with Gasteiger partial charge in [-0.05, 0) is 49.4 Å². The molecule has 0 aliphatic heterocycles. The van der Waals surface area contributed by atoms with Gasteiger partial charge in [0.1, 0.15) is 5.69 Å². The van der Waals surface area contributed by atoms with Gasteiger partial charge in [0.05, 0.1) is 17.3 Å². The first-order chi connectivity index (χ1) is 13.4. The van der Waals surface area contributed by atoms with Crippen molar-refractivity contribution in [3.63, 3.8) is 0 Å². The van der Waals surface area contributed by atoms with Crippen LogP contribution < -0.4 is 10.6 Å². The van der Waals surface area contributed by atoms with Crippen LogP contribution in [-0.2, 0) is 0 Å². The van der Waals surface area contributed by atoms with E-state index in [1.54, 1.807) is 31.2 Å². The molecular weight excluding hydrogens is 371 g/mol. The number of aryl methyl sites for hydroxylation is 1. The van der Waals surface area contributed by atoms with Crippen LogP contribution in [0.25, 0.3) is 0 Å². The largest absolute Gasteiger partial charge is 0.322 e. The van der Waals surface area contributed by atoms with E-state index < -0.39 is 23.4 Å². The van der Waals surface area contributed by atoms with Gasteiger partial charge in [-0.1, -0.05) is 0 Å². The number of aromatic nitrogens is 2. The Morgan fingerprint density at radius 1 is 1.04 bits per heavy atom. The van der Waals surface area contributed by atoms with Crippen molar-refractivity contribution < 1.29 is 18.0 Å². The fourth-order valence-electron chi connectivity index (χ4n) is 2.31. The van der Waals surface area contributed by atoms with E-state index >= 15 is 0 Å². The van der Waals surface area contributed by atoms with Crippen LogP contribution in [0, 0.1) is 35.7 Å². The molecule has 0 saturated heterocycles. The first kappa shape index (κ1) is 18.8. The molecule has 0 aliphatic carbocycles. The summed E-state index contributed by atoms with van der Waals surface area (Å²) >= 11 is 0. The molecule has 1 aromatic heterocycles. The monoisotopic (exact) mass is 383 g/mol.